The average molecular weight is 429 g/mol. The van der Waals surface area contributed by atoms with Crippen molar-refractivity contribution in [1.82, 2.24) is 0 Å². The van der Waals surface area contributed by atoms with Crippen LogP contribution in [-0.4, -0.2) is 33.1 Å². The molecule has 3 saturated carbocycles. The summed E-state index contributed by atoms with van der Waals surface area (Å²) in [7, 11) is 0. The van der Waals surface area contributed by atoms with Crippen molar-refractivity contribution in [3.8, 4) is 0 Å². The molecule has 3 N–H and O–H groups in total. The molecular weight excluding hydrogens is 384 g/mol. The van der Waals surface area contributed by atoms with Crippen LogP contribution in [0.3, 0.4) is 0 Å². The molecule has 174 valence electrons. The van der Waals surface area contributed by atoms with Crippen LogP contribution in [-0.2, 0) is 0 Å². The van der Waals surface area contributed by atoms with Gasteiger partial charge in [0.15, 0.2) is 0 Å². The molecule has 0 radical (unpaired) electrons. The zero-order valence-corrected chi connectivity index (χ0v) is 20.3. The van der Waals surface area contributed by atoms with Gasteiger partial charge in [0.1, 0.15) is 0 Å². The van der Waals surface area contributed by atoms with E-state index in [9.17, 15) is 15.3 Å². The van der Waals surface area contributed by atoms with Crippen LogP contribution >= 0.6 is 0 Å². The van der Waals surface area contributed by atoms with Gasteiger partial charge >= 0.3 is 0 Å². The summed E-state index contributed by atoms with van der Waals surface area (Å²) in [6, 6.07) is 0. The Morgan fingerprint density at radius 1 is 1.13 bits per heavy atom. The second kappa shape index (κ2) is 9.37. The third kappa shape index (κ3) is 5.26. The molecule has 7 atom stereocenters. The van der Waals surface area contributed by atoms with Crippen molar-refractivity contribution in [1.29, 1.82) is 0 Å². The van der Waals surface area contributed by atoms with Crippen molar-refractivity contribution in [2.45, 2.75) is 97.4 Å². The molecule has 3 heteroatoms. The molecule has 2 unspecified atom stereocenters. The fourth-order valence-corrected chi connectivity index (χ4v) is 6.32. The Kier molecular flexibility index (Phi) is 7.40. The average Bonchev–Trinajstić information content (AvgIpc) is 3.04. The number of allylic oxidation sites excluding steroid dienone is 4. The molecule has 0 aliphatic heterocycles. The summed E-state index contributed by atoms with van der Waals surface area (Å²) in [5, 5.41) is 30.4. The molecular formula is C28H44O3. The van der Waals surface area contributed by atoms with Gasteiger partial charge in [0, 0.05) is 12.3 Å². The number of aliphatic hydroxyl groups excluding tert-OH is 2. The molecule has 0 heterocycles. The van der Waals surface area contributed by atoms with Crippen molar-refractivity contribution in [3.63, 3.8) is 0 Å². The topological polar surface area (TPSA) is 60.7 Å². The number of aliphatic hydroxyl groups is 3. The van der Waals surface area contributed by atoms with E-state index in [1.165, 1.54) is 31.3 Å². The second-order valence-corrected chi connectivity index (χ2v) is 11.4. The monoisotopic (exact) mass is 428 g/mol. The van der Waals surface area contributed by atoms with E-state index in [1.54, 1.807) is 0 Å². The van der Waals surface area contributed by atoms with Gasteiger partial charge in [0.2, 0.25) is 0 Å². The minimum absolute atomic E-state index is 0.141. The van der Waals surface area contributed by atoms with Crippen molar-refractivity contribution in [3.05, 3.63) is 47.6 Å². The second-order valence-electron chi connectivity index (χ2n) is 11.4. The lowest BCUT2D eigenvalue weighted by Crippen LogP contribution is -2.35. The Morgan fingerprint density at radius 3 is 2.52 bits per heavy atom. The van der Waals surface area contributed by atoms with Crippen LogP contribution in [0.25, 0.3) is 0 Å². The largest absolute Gasteiger partial charge is 0.393 e. The molecule has 0 bridgehead atoms. The smallest absolute Gasteiger partial charge is 0.0811 e. The molecule has 31 heavy (non-hydrogen) atoms. The molecule has 0 aromatic heterocycles. The van der Waals surface area contributed by atoms with Crippen LogP contribution in [0.4, 0.5) is 0 Å². The van der Waals surface area contributed by atoms with Gasteiger partial charge in [-0.1, -0.05) is 57.2 Å². The molecule has 3 aliphatic rings. The molecule has 0 spiro atoms. The van der Waals surface area contributed by atoms with Crippen LogP contribution in [0.2, 0.25) is 0 Å². The third-order valence-electron chi connectivity index (χ3n) is 8.75. The van der Waals surface area contributed by atoms with Crippen LogP contribution in [0.1, 0.15) is 79.6 Å². The van der Waals surface area contributed by atoms with Crippen LogP contribution in [0, 0.1) is 29.1 Å². The minimum atomic E-state index is -0.684. The van der Waals surface area contributed by atoms with Crippen LogP contribution in [0.5, 0.6) is 0 Å². The minimum Gasteiger partial charge on any atom is -0.393 e. The summed E-state index contributed by atoms with van der Waals surface area (Å²) >= 11 is 0. The Morgan fingerprint density at radius 2 is 1.84 bits per heavy atom. The van der Waals surface area contributed by atoms with E-state index in [2.05, 4.69) is 51.7 Å². The summed E-state index contributed by atoms with van der Waals surface area (Å²) in [5.41, 5.74) is 2.93. The summed E-state index contributed by atoms with van der Waals surface area (Å²) < 4.78 is 0. The zero-order valence-electron chi connectivity index (χ0n) is 20.3. The highest BCUT2D eigenvalue weighted by Gasteiger charge is 2.50. The summed E-state index contributed by atoms with van der Waals surface area (Å²) in [6.07, 6.45) is 15.0. The maximum absolute atomic E-state index is 10.3. The van der Waals surface area contributed by atoms with Crippen molar-refractivity contribution >= 4 is 0 Å². The first-order valence-electron chi connectivity index (χ1n) is 12.3. The number of fused-ring (bicyclic) bond motifs is 1. The zero-order chi connectivity index (χ0) is 23.0. The lowest BCUT2D eigenvalue weighted by molar-refractivity contribution is 0.0436. The Hall–Kier alpha value is -1.16. The standard InChI is InChI=1S/C28H44O3/c1-18(9-10-19(2)27(4,5)31)24-13-14-25-21(8-7-15-28(24,25)6)11-12-22-16-23(29)17-26(30)20(22)3/h9-12,18-19,23-26,29-31H,3,7-8,13-17H2,1-2,4-6H3/b10-9+,21-11+,22-12-/t18-,19?,23+,24?,25+,26+,28-/m1/s1. The summed E-state index contributed by atoms with van der Waals surface area (Å²) in [4.78, 5) is 0. The van der Waals surface area contributed by atoms with Crippen LogP contribution < -0.4 is 0 Å². The maximum Gasteiger partial charge on any atom is 0.0811 e. The molecule has 3 rings (SSSR count). The van der Waals surface area contributed by atoms with Gasteiger partial charge in [-0.05, 0) is 86.7 Å². The highest BCUT2D eigenvalue weighted by Crippen LogP contribution is 2.59. The Balaban J connectivity index is 1.76. The van der Waals surface area contributed by atoms with Crippen molar-refractivity contribution in [2.75, 3.05) is 0 Å². The number of hydrogen-bond donors (Lipinski definition) is 3. The quantitative estimate of drug-likeness (QED) is 0.490. The van der Waals surface area contributed by atoms with E-state index in [1.807, 2.05) is 13.8 Å². The van der Waals surface area contributed by atoms with Crippen molar-refractivity contribution in [2.24, 2.45) is 29.1 Å². The first-order chi connectivity index (χ1) is 14.4. The van der Waals surface area contributed by atoms with E-state index in [-0.39, 0.29) is 5.92 Å². The molecule has 0 amide bonds. The fraction of sp³-hybridized carbons (Fsp3) is 0.714. The van der Waals surface area contributed by atoms with E-state index in [4.69, 9.17) is 0 Å². The third-order valence-corrected chi connectivity index (χ3v) is 8.75. The molecule has 0 aromatic rings. The number of hydrogen-bond acceptors (Lipinski definition) is 3. The van der Waals surface area contributed by atoms with E-state index in [0.717, 1.165) is 17.6 Å². The van der Waals surface area contributed by atoms with Gasteiger partial charge in [-0.25, -0.2) is 0 Å². The van der Waals surface area contributed by atoms with E-state index < -0.39 is 17.8 Å². The first-order valence-corrected chi connectivity index (χ1v) is 12.3. The van der Waals surface area contributed by atoms with Crippen LogP contribution in [0.15, 0.2) is 47.6 Å². The molecule has 3 fully saturated rings. The predicted molar refractivity (Wildman–Crippen MR) is 128 cm³/mol. The van der Waals surface area contributed by atoms with Gasteiger partial charge in [-0.3, -0.25) is 0 Å². The Bertz CT molecular complexity index is 753. The van der Waals surface area contributed by atoms with Gasteiger partial charge < -0.3 is 15.3 Å². The highest BCUT2D eigenvalue weighted by molar-refractivity contribution is 5.38. The maximum atomic E-state index is 10.3. The molecule has 3 aliphatic carbocycles. The number of rotatable bonds is 5. The lowest BCUT2D eigenvalue weighted by atomic mass is 9.61. The first kappa shape index (κ1) is 24.5. The van der Waals surface area contributed by atoms with E-state index >= 15 is 0 Å². The fourth-order valence-electron chi connectivity index (χ4n) is 6.32. The molecule has 0 aromatic carbocycles. The lowest BCUT2D eigenvalue weighted by Gasteiger charge is -2.44. The summed E-state index contributed by atoms with van der Waals surface area (Å²) in [6.45, 7) is 14.7. The molecule has 3 nitrogen and oxygen atoms in total. The van der Waals surface area contributed by atoms with Gasteiger partial charge in [-0.2, -0.15) is 0 Å². The SMILES string of the molecule is C=C1/C(=C\C=C2/CCC[C@]3(C)C([C@H](C)/C=C/C(C)C(C)(C)O)CC[C@@H]23)C[C@H](O)C[C@@H]1O. The summed E-state index contributed by atoms with van der Waals surface area (Å²) in [5.74, 6) is 1.91. The van der Waals surface area contributed by atoms with Gasteiger partial charge in [0.25, 0.3) is 0 Å². The normalized spacial score (nSPS) is 39.3. The molecule has 0 saturated heterocycles. The predicted octanol–water partition coefficient (Wildman–Crippen LogP) is 5.73. The van der Waals surface area contributed by atoms with Crippen molar-refractivity contribution < 1.29 is 15.3 Å². The van der Waals surface area contributed by atoms with E-state index in [0.29, 0.717) is 36.0 Å². The highest BCUT2D eigenvalue weighted by atomic mass is 16.3. The Labute approximate surface area is 189 Å². The van der Waals surface area contributed by atoms with Gasteiger partial charge in [0.05, 0.1) is 17.8 Å². The van der Waals surface area contributed by atoms with Gasteiger partial charge in [-0.15, -0.1) is 0 Å².